The Labute approximate surface area is 149 Å². The highest BCUT2D eigenvalue weighted by Crippen LogP contribution is 2.24. The quantitative estimate of drug-likeness (QED) is 0.439. The van der Waals surface area contributed by atoms with E-state index >= 15 is 0 Å². The van der Waals surface area contributed by atoms with Crippen molar-refractivity contribution in [2.45, 2.75) is 0 Å². The van der Waals surface area contributed by atoms with Crippen LogP contribution in [0.2, 0.25) is 0 Å². The molecule has 26 heavy (non-hydrogen) atoms. The molecule has 0 aliphatic heterocycles. The molecule has 1 aromatic heterocycles. The third kappa shape index (κ3) is 2.86. The Morgan fingerprint density at radius 3 is 2.69 bits per heavy atom. The van der Waals surface area contributed by atoms with E-state index in [1.807, 2.05) is 42.5 Å². The van der Waals surface area contributed by atoms with Gasteiger partial charge in [-0.2, -0.15) is 5.10 Å². The second-order valence-corrected chi connectivity index (χ2v) is 5.80. The number of carbonyl (C=O) groups excluding carboxylic acids is 1. The normalized spacial score (nSPS) is 11.2. The number of amides is 1. The first-order valence-electron chi connectivity index (χ1n) is 8.12. The predicted molar refractivity (Wildman–Crippen MR) is 102 cm³/mol. The van der Waals surface area contributed by atoms with E-state index in [-0.39, 0.29) is 11.7 Å². The van der Waals surface area contributed by atoms with Crippen molar-refractivity contribution in [2.24, 2.45) is 5.10 Å². The number of pyridine rings is 1. The molecule has 0 radical (unpaired) electrons. The fraction of sp³-hybridized carbons (Fsp3) is 0. The first kappa shape index (κ1) is 15.8. The summed E-state index contributed by atoms with van der Waals surface area (Å²) < 4.78 is 0. The summed E-state index contributed by atoms with van der Waals surface area (Å²) in [7, 11) is 0. The van der Waals surface area contributed by atoms with Crippen molar-refractivity contribution in [3.05, 3.63) is 84.1 Å². The number of hydrazone groups is 1. The minimum atomic E-state index is -0.278. The Bertz CT molecular complexity index is 1150. The Balaban J connectivity index is 1.61. The van der Waals surface area contributed by atoms with Gasteiger partial charge in [0.2, 0.25) is 0 Å². The van der Waals surface area contributed by atoms with Gasteiger partial charge in [0.15, 0.2) is 0 Å². The van der Waals surface area contributed by atoms with Crippen LogP contribution in [-0.2, 0) is 0 Å². The zero-order valence-electron chi connectivity index (χ0n) is 13.8. The standard InChI is InChI=1S/C21H15N3O2/c25-19-11-10-15(17-9-4-12-22-20(17)19)13-23-24-21(26)18-8-3-6-14-5-1-2-7-16(14)18/h1-13,25H,(H,24,26)/b23-13+. The Hall–Kier alpha value is -3.73. The molecule has 1 heterocycles. The van der Waals surface area contributed by atoms with Gasteiger partial charge in [0.1, 0.15) is 11.3 Å². The van der Waals surface area contributed by atoms with Crippen molar-refractivity contribution in [3.63, 3.8) is 0 Å². The number of aromatic hydroxyl groups is 1. The molecule has 5 heteroatoms. The second-order valence-electron chi connectivity index (χ2n) is 5.80. The molecule has 3 aromatic carbocycles. The molecule has 0 atom stereocenters. The molecule has 0 unspecified atom stereocenters. The van der Waals surface area contributed by atoms with Gasteiger partial charge in [-0.25, -0.2) is 5.43 Å². The van der Waals surface area contributed by atoms with Gasteiger partial charge in [-0.3, -0.25) is 9.78 Å². The van der Waals surface area contributed by atoms with E-state index in [4.69, 9.17) is 0 Å². The number of phenols is 1. The maximum Gasteiger partial charge on any atom is 0.271 e. The van der Waals surface area contributed by atoms with Crippen LogP contribution in [0.15, 0.2) is 78.0 Å². The number of nitrogens with zero attached hydrogens (tertiary/aromatic N) is 2. The van der Waals surface area contributed by atoms with E-state index in [0.29, 0.717) is 11.1 Å². The molecule has 5 nitrogen and oxygen atoms in total. The highest BCUT2D eigenvalue weighted by molar-refractivity contribution is 6.07. The third-order valence-corrected chi connectivity index (χ3v) is 4.19. The Morgan fingerprint density at radius 2 is 1.77 bits per heavy atom. The zero-order valence-corrected chi connectivity index (χ0v) is 13.8. The van der Waals surface area contributed by atoms with Crippen LogP contribution in [0.1, 0.15) is 15.9 Å². The molecular formula is C21H15N3O2. The highest BCUT2D eigenvalue weighted by Gasteiger charge is 2.09. The van der Waals surface area contributed by atoms with Crippen LogP contribution in [0.4, 0.5) is 0 Å². The first-order valence-corrected chi connectivity index (χ1v) is 8.12. The number of hydrogen-bond donors (Lipinski definition) is 2. The maximum atomic E-state index is 12.5. The van der Waals surface area contributed by atoms with Crippen molar-refractivity contribution in [1.82, 2.24) is 10.4 Å². The molecule has 0 spiro atoms. The average molecular weight is 341 g/mol. The average Bonchev–Trinajstić information content (AvgIpc) is 2.69. The molecule has 0 saturated carbocycles. The van der Waals surface area contributed by atoms with E-state index in [9.17, 15) is 9.90 Å². The van der Waals surface area contributed by atoms with Crippen LogP contribution in [0.25, 0.3) is 21.7 Å². The first-order chi connectivity index (χ1) is 12.7. The molecule has 0 bridgehead atoms. The van der Waals surface area contributed by atoms with Crippen LogP contribution in [0.3, 0.4) is 0 Å². The van der Waals surface area contributed by atoms with Gasteiger partial charge in [-0.1, -0.05) is 42.5 Å². The minimum absolute atomic E-state index is 0.109. The Morgan fingerprint density at radius 1 is 0.962 bits per heavy atom. The number of hydrogen-bond acceptors (Lipinski definition) is 4. The summed E-state index contributed by atoms with van der Waals surface area (Å²) >= 11 is 0. The SMILES string of the molecule is O=C(N/N=C/c1ccc(O)c2ncccc12)c1cccc2ccccc12. The molecule has 1 amide bonds. The van der Waals surface area contributed by atoms with Crippen LogP contribution in [-0.4, -0.2) is 22.2 Å². The topological polar surface area (TPSA) is 74.6 Å². The van der Waals surface area contributed by atoms with Gasteiger partial charge in [-0.05, 0) is 35.0 Å². The molecule has 0 fully saturated rings. The van der Waals surface area contributed by atoms with Gasteiger partial charge < -0.3 is 5.11 Å². The van der Waals surface area contributed by atoms with Crippen molar-refractivity contribution >= 4 is 33.8 Å². The summed E-state index contributed by atoms with van der Waals surface area (Å²) in [6.45, 7) is 0. The summed E-state index contributed by atoms with van der Waals surface area (Å²) in [4.78, 5) is 16.7. The number of phenolic OH excluding ortho intramolecular Hbond substituents is 1. The van der Waals surface area contributed by atoms with Gasteiger partial charge in [0.05, 0.1) is 6.21 Å². The van der Waals surface area contributed by atoms with Crippen molar-refractivity contribution in [1.29, 1.82) is 0 Å². The minimum Gasteiger partial charge on any atom is -0.506 e. The number of aromatic nitrogens is 1. The molecular weight excluding hydrogens is 326 g/mol. The van der Waals surface area contributed by atoms with Crippen molar-refractivity contribution in [3.8, 4) is 5.75 Å². The lowest BCUT2D eigenvalue weighted by Crippen LogP contribution is -2.17. The largest absolute Gasteiger partial charge is 0.506 e. The van der Waals surface area contributed by atoms with Crippen LogP contribution < -0.4 is 5.43 Å². The summed E-state index contributed by atoms with van der Waals surface area (Å²) in [6, 6.07) is 20.2. The molecule has 0 aliphatic carbocycles. The van der Waals surface area contributed by atoms with E-state index in [1.165, 1.54) is 0 Å². The van der Waals surface area contributed by atoms with Gasteiger partial charge >= 0.3 is 0 Å². The van der Waals surface area contributed by atoms with Gasteiger partial charge in [-0.15, -0.1) is 0 Å². The molecule has 126 valence electrons. The highest BCUT2D eigenvalue weighted by atomic mass is 16.3. The fourth-order valence-corrected chi connectivity index (χ4v) is 2.94. The summed E-state index contributed by atoms with van der Waals surface area (Å²) in [5.41, 5.74) is 4.38. The van der Waals surface area contributed by atoms with Gasteiger partial charge in [0.25, 0.3) is 5.91 Å². The smallest absolute Gasteiger partial charge is 0.271 e. The fourth-order valence-electron chi connectivity index (χ4n) is 2.94. The lowest BCUT2D eigenvalue weighted by Gasteiger charge is -2.05. The van der Waals surface area contributed by atoms with Crippen LogP contribution in [0, 0.1) is 0 Å². The number of rotatable bonds is 3. The number of nitrogens with one attached hydrogen (secondary N) is 1. The summed E-state index contributed by atoms with van der Waals surface area (Å²) in [6.07, 6.45) is 3.16. The van der Waals surface area contributed by atoms with Crippen LogP contribution in [0.5, 0.6) is 5.75 Å². The van der Waals surface area contributed by atoms with E-state index < -0.39 is 0 Å². The van der Waals surface area contributed by atoms with Crippen LogP contribution >= 0.6 is 0 Å². The van der Waals surface area contributed by atoms with E-state index in [2.05, 4.69) is 15.5 Å². The molecule has 4 rings (SSSR count). The summed E-state index contributed by atoms with van der Waals surface area (Å²) in [5, 5.41) is 16.6. The Kier molecular flexibility index (Phi) is 4.03. The second kappa shape index (κ2) is 6.64. The van der Waals surface area contributed by atoms with Gasteiger partial charge in [0, 0.05) is 22.7 Å². The van der Waals surface area contributed by atoms with E-state index in [0.717, 1.165) is 21.7 Å². The number of benzene rings is 3. The summed E-state index contributed by atoms with van der Waals surface area (Å²) in [5.74, 6) is -0.170. The number of fused-ring (bicyclic) bond motifs is 2. The van der Waals surface area contributed by atoms with Crippen molar-refractivity contribution in [2.75, 3.05) is 0 Å². The zero-order chi connectivity index (χ0) is 17.9. The maximum absolute atomic E-state index is 12.5. The molecule has 4 aromatic rings. The number of carbonyl (C=O) groups is 1. The molecule has 2 N–H and O–H groups in total. The van der Waals surface area contributed by atoms with E-state index in [1.54, 1.807) is 36.7 Å². The third-order valence-electron chi connectivity index (χ3n) is 4.19. The monoisotopic (exact) mass is 341 g/mol. The lowest BCUT2D eigenvalue weighted by molar-refractivity contribution is 0.0957. The lowest BCUT2D eigenvalue weighted by atomic mass is 10.0. The van der Waals surface area contributed by atoms with Crippen molar-refractivity contribution < 1.29 is 9.90 Å². The molecule has 0 saturated heterocycles. The molecule has 0 aliphatic rings. The predicted octanol–water partition coefficient (Wildman–Crippen LogP) is 3.86.